The van der Waals surface area contributed by atoms with Gasteiger partial charge in [-0.15, -0.1) is 11.3 Å². The fourth-order valence-electron chi connectivity index (χ4n) is 4.12. The van der Waals surface area contributed by atoms with Crippen molar-refractivity contribution in [3.63, 3.8) is 0 Å². The topological polar surface area (TPSA) is 40.6 Å². The highest BCUT2D eigenvalue weighted by Gasteiger charge is 2.43. The molecule has 0 bridgehead atoms. The van der Waals surface area contributed by atoms with E-state index in [1.807, 2.05) is 11.3 Å². The summed E-state index contributed by atoms with van der Waals surface area (Å²) in [5.41, 5.74) is 2.53. The van der Waals surface area contributed by atoms with E-state index < -0.39 is 11.7 Å². The Labute approximate surface area is 155 Å². The molecule has 2 aromatic rings. The number of hydrogen-bond acceptors (Lipinski definition) is 4. The summed E-state index contributed by atoms with van der Waals surface area (Å²) in [4.78, 5) is 30.3. The first kappa shape index (κ1) is 15.6. The van der Waals surface area contributed by atoms with E-state index in [1.165, 1.54) is 23.3 Å². The van der Waals surface area contributed by atoms with Gasteiger partial charge < -0.3 is 0 Å². The number of hydrogen-bond donors (Lipinski definition) is 0. The van der Waals surface area contributed by atoms with Gasteiger partial charge in [0.25, 0.3) is 5.78 Å². The minimum Gasteiger partial charge on any atom is -0.291 e. The molecular weight excluding hydrogens is 356 g/mol. The minimum atomic E-state index is -0.450. The maximum atomic E-state index is 12.5. The molecule has 0 N–H and O–H groups in total. The van der Waals surface area contributed by atoms with Crippen LogP contribution in [-0.4, -0.2) is 29.8 Å². The van der Waals surface area contributed by atoms with Gasteiger partial charge in [-0.1, -0.05) is 11.6 Å². The SMILES string of the molecule is O=C1C(=O)N(CN2CCc3sccc3[C@@H]2C2CC2)c2ccc(Cl)cc21. The summed E-state index contributed by atoms with van der Waals surface area (Å²) in [5.74, 6) is -0.219. The van der Waals surface area contributed by atoms with Gasteiger partial charge in [0.2, 0.25) is 0 Å². The van der Waals surface area contributed by atoms with Gasteiger partial charge in [-0.05, 0) is 60.4 Å². The van der Waals surface area contributed by atoms with Crippen molar-refractivity contribution in [3.8, 4) is 0 Å². The molecule has 3 heterocycles. The van der Waals surface area contributed by atoms with Crippen molar-refractivity contribution in [2.24, 2.45) is 5.92 Å². The van der Waals surface area contributed by atoms with Crippen molar-refractivity contribution >= 4 is 40.3 Å². The van der Waals surface area contributed by atoms with Crippen LogP contribution in [-0.2, 0) is 11.2 Å². The number of fused-ring (bicyclic) bond motifs is 2. The van der Waals surface area contributed by atoms with Crippen LogP contribution in [0.4, 0.5) is 5.69 Å². The van der Waals surface area contributed by atoms with Crippen LogP contribution in [0, 0.1) is 5.92 Å². The third-order valence-corrected chi connectivity index (χ3v) is 6.67. The molecule has 6 heteroatoms. The second kappa shape index (κ2) is 5.66. The highest BCUT2D eigenvalue weighted by atomic mass is 35.5. The molecule has 0 unspecified atom stereocenters. The highest BCUT2D eigenvalue weighted by molar-refractivity contribution is 7.10. The summed E-state index contributed by atoms with van der Waals surface area (Å²) < 4.78 is 0. The average molecular weight is 373 g/mol. The van der Waals surface area contributed by atoms with Gasteiger partial charge >= 0.3 is 5.91 Å². The Hall–Kier alpha value is -1.69. The van der Waals surface area contributed by atoms with Crippen molar-refractivity contribution in [2.75, 3.05) is 18.1 Å². The predicted octanol–water partition coefficient (Wildman–Crippen LogP) is 3.90. The highest BCUT2D eigenvalue weighted by Crippen LogP contribution is 2.48. The van der Waals surface area contributed by atoms with Crippen LogP contribution in [0.15, 0.2) is 29.6 Å². The lowest BCUT2D eigenvalue weighted by Crippen LogP contribution is -2.45. The third kappa shape index (κ3) is 2.45. The molecule has 1 aromatic carbocycles. The van der Waals surface area contributed by atoms with Crippen molar-refractivity contribution in [3.05, 3.63) is 50.7 Å². The largest absolute Gasteiger partial charge is 0.300 e. The van der Waals surface area contributed by atoms with Crippen molar-refractivity contribution < 1.29 is 9.59 Å². The fourth-order valence-corrected chi connectivity index (χ4v) is 5.20. The molecule has 1 aliphatic carbocycles. The normalized spacial score (nSPS) is 23.1. The number of nitrogens with zero attached hydrogens (tertiary/aromatic N) is 2. The smallest absolute Gasteiger partial charge is 0.291 e. The Morgan fingerprint density at radius 1 is 1.20 bits per heavy atom. The van der Waals surface area contributed by atoms with Crippen LogP contribution < -0.4 is 4.90 Å². The molecule has 1 fully saturated rings. The second-order valence-electron chi connectivity index (χ2n) is 7.01. The summed E-state index contributed by atoms with van der Waals surface area (Å²) in [7, 11) is 0. The number of carbonyl (C=O) groups is 2. The Morgan fingerprint density at radius 2 is 2.04 bits per heavy atom. The van der Waals surface area contributed by atoms with Gasteiger partial charge in [-0.2, -0.15) is 0 Å². The zero-order chi connectivity index (χ0) is 17.1. The van der Waals surface area contributed by atoms with Gasteiger partial charge in [-0.3, -0.25) is 19.4 Å². The third-order valence-electron chi connectivity index (χ3n) is 5.44. The lowest BCUT2D eigenvalue weighted by molar-refractivity contribution is -0.114. The number of thiophene rings is 1. The van der Waals surface area contributed by atoms with Gasteiger partial charge in [-0.25, -0.2) is 0 Å². The Morgan fingerprint density at radius 3 is 2.84 bits per heavy atom. The van der Waals surface area contributed by atoms with E-state index in [2.05, 4.69) is 16.3 Å². The van der Waals surface area contributed by atoms with Crippen molar-refractivity contribution in [1.29, 1.82) is 0 Å². The molecule has 0 saturated heterocycles. The first-order chi connectivity index (χ1) is 12.1. The second-order valence-corrected chi connectivity index (χ2v) is 8.45. The molecule has 4 nitrogen and oxygen atoms in total. The summed E-state index contributed by atoms with van der Waals surface area (Å²) in [6.07, 6.45) is 3.50. The maximum absolute atomic E-state index is 12.5. The fraction of sp³-hybridized carbons (Fsp3) is 0.368. The molecule has 1 aromatic heterocycles. The molecule has 2 aliphatic heterocycles. The van der Waals surface area contributed by atoms with E-state index in [1.54, 1.807) is 23.1 Å². The minimum absolute atomic E-state index is 0.370. The Kier molecular flexibility index (Phi) is 3.52. The maximum Gasteiger partial charge on any atom is 0.300 e. The molecule has 3 aliphatic rings. The first-order valence-corrected chi connectivity index (χ1v) is 9.85. The zero-order valence-corrected chi connectivity index (χ0v) is 15.1. The number of halogens is 1. The van der Waals surface area contributed by atoms with Crippen LogP contribution in [0.1, 0.15) is 39.7 Å². The van der Waals surface area contributed by atoms with Crippen molar-refractivity contribution in [2.45, 2.75) is 25.3 Å². The van der Waals surface area contributed by atoms with Gasteiger partial charge in [0.05, 0.1) is 17.9 Å². The number of anilines is 1. The summed E-state index contributed by atoms with van der Waals surface area (Å²) in [5, 5.41) is 2.66. The quantitative estimate of drug-likeness (QED) is 0.767. The number of carbonyl (C=O) groups excluding carboxylic acids is 2. The zero-order valence-electron chi connectivity index (χ0n) is 13.6. The molecule has 5 rings (SSSR count). The van der Waals surface area contributed by atoms with E-state index in [4.69, 9.17) is 11.6 Å². The molecule has 1 amide bonds. The summed E-state index contributed by atoms with van der Waals surface area (Å²) in [6, 6.07) is 7.73. The van der Waals surface area contributed by atoms with Crippen LogP contribution in [0.25, 0.3) is 0 Å². The number of rotatable bonds is 3. The number of Topliss-reactive ketones (excluding diaryl/α,β-unsaturated/α-hetero) is 1. The number of ketones is 1. The molecule has 25 heavy (non-hydrogen) atoms. The van der Waals surface area contributed by atoms with E-state index in [-0.39, 0.29) is 0 Å². The molecule has 1 atom stereocenters. The number of amides is 1. The monoisotopic (exact) mass is 372 g/mol. The van der Waals surface area contributed by atoms with E-state index in [9.17, 15) is 9.59 Å². The number of benzene rings is 1. The van der Waals surface area contributed by atoms with Crippen molar-refractivity contribution in [1.82, 2.24) is 4.90 Å². The van der Waals surface area contributed by atoms with Crippen LogP contribution in [0.2, 0.25) is 5.02 Å². The molecule has 0 radical (unpaired) electrons. The standard InChI is InChI=1S/C19H17ClN2O2S/c20-12-3-4-15-14(9-12)18(23)19(24)22(15)10-21-7-5-16-13(6-8-25-16)17(21)11-1-2-11/h3-4,6,8-9,11,17H,1-2,5,7,10H2/t17-/m0/s1. The Balaban J connectivity index is 1.48. The predicted molar refractivity (Wildman–Crippen MR) is 98.3 cm³/mol. The van der Waals surface area contributed by atoms with Gasteiger partial charge in [0, 0.05) is 22.5 Å². The average Bonchev–Trinajstić information content (AvgIpc) is 3.29. The first-order valence-electron chi connectivity index (χ1n) is 8.59. The lowest BCUT2D eigenvalue weighted by Gasteiger charge is -2.38. The molecule has 1 saturated carbocycles. The molecular formula is C19H17ClN2O2S. The van der Waals surface area contributed by atoms with E-state index >= 15 is 0 Å². The van der Waals surface area contributed by atoms with E-state index in [0.29, 0.717) is 34.9 Å². The van der Waals surface area contributed by atoms with Gasteiger partial charge in [0.1, 0.15) is 0 Å². The van der Waals surface area contributed by atoms with Crippen LogP contribution >= 0.6 is 22.9 Å². The van der Waals surface area contributed by atoms with Crippen LogP contribution in [0.3, 0.4) is 0 Å². The van der Waals surface area contributed by atoms with Crippen LogP contribution in [0.5, 0.6) is 0 Å². The Bertz CT molecular complexity index is 889. The molecule has 128 valence electrons. The molecule has 0 spiro atoms. The lowest BCUT2D eigenvalue weighted by atomic mass is 9.96. The van der Waals surface area contributed by atoms with Gasteiger partial charge in [0.15, 0.2) is 0 Å². The van der Waals surface area contributed by atoms with E-state index in [0.717, 1.165) is 13.0 Å². The summed E-state index contributed by atoms with van der Waals surface area (Å²) in [6.45, 7) is 1.39. The summed E-state index contributed by atoms with van der Waals surface area (Å²) >= 11 is 7.84.